The summed E-state index contributed by atoms with van der Waals surface area (Å²) in [7, 11) is 0. The summed E-state index contributed by atoms with van der Waals surface area (Å²) in [6, 6.07) is 7.15. The molecule has 8 heteroatoms. The lowest BCUT2D eigenvalue weighted by Gasteiger charge is -2.36. The summed E-state index contributed by atoms with van der Waals surface area (Å²) in [4.78, 5) is 0. The molecule has 4 rings (SSSR count). The molecule has 1 fully saturated rings. The van der Waals surface area contributed by atoms with E-state index >= 15 is 13.2 Å². The molecule has 0 unspecified atom stereocenters. The van der Waals surface area contributed by atoms with E-state index in [0.717, 1.165) is 44.2 Å². The van der Waals surface area contributed by atoms with Crippen LogP contribution >= 0.6 is 0 Å². The summed E-state index contributed by atoms with van der Waals surface area (Å²) in [6.45, 7) is 2.69. The minimum Gasteiger partial charge on any atom is -0.453 e. The molecule has 0 N–H and O–H groups in total. The van der Waals surface area contributed by atoms with Crippen LogP contribution in [0.4, 0.5) is 30.7 Å². The van der Waals surface area contributed by atoms with Gasteiger partial charge in [-0.3, -0.25) is 0 Å². The van der Waals surface area contributed by atoms with E-state index in [4.69, 9.17) is 4.74 Å². The molecule has 0 heterocycles. The van der Waals surface area contributed by atoms with Gasteiger partial charge in [0.2, 0.25) is 0 Å². The minimum absolute atomic E-state index is 0.0339. The zero-order valence-electron chi connectivity index (χ0n) is 20.7. The lowest BCUT2D eigenvalue weighted by atomic mass is 9.74. The normalized spacial score (nSPS) is 26.6. The Morgan fingerprint density at radius 3 is 2.19 bits per heavy atom. The highest BCUT2D eigenvalue weighted by molar-refractivity contribution is 5.71. The lowest BCUT2D eigenvalue weighted by molar-refractivity contribution is 0.0708. The first-order valence-corrected chi connectivity index (χ1v) is 12.6. The van der Waals surface area contributed by atoms with Crippen molar-refractivity contribution in [2.75, 3.05) is 0 Å². The van der Waals surface area contributed by atoms with Crippen molar-refractivity contribution in [3.63, 3.8) is 0 Å². The van der Waals surface area contributed by atoms with Gasteiger partial charge in [-0.25, -0.2) is 30.7 Å². The first kappa shape index (κ1) is 27.3. The number of alkyl halides is 2. The van der Waals surface area contributed by atoms with Crippen LogP contribution in [-0.4, -0.2) is 11.8 Å². The average molecular weight is 527 g/mol. The predicted octanol–water partition coefficient (Wildman–Crippen LogP) is 9.63. The fourth-order valence-corrected chi connectivity index (χ4v) is 5.26. The SMILES string of the molecule is CCCCC1CCC(C2=C(F)[C@H](F)[C@](C)(F)C(F)=C2Oc2ccccc2-c2cc(F)c(F)c(F)c2)CC1. The average Bonchev–Trinajstić information content (AvgIpc) is 2.89. The van der Waals surface area contributed by atoms with Gasteiger partial charge in [0.1, 0.15) is 11.6 Å². The maximum absolute atomic E-state index is 15.5. The number of benzene rings is 2. The van der Waals surface area contributed by atoms with Crippen LogP contribution in [0.2, 0.25) is 0 Å². The van der Waals surface area contributed by atoms with Gasteiger partial charge in [-0.2, -0.15) is 0 Å². The number of rotatable bonds is 7. The third-order valence-corrected chi connectivity index (χ3v) is 7.44. The molecule has 2 aliphatic carbocycles. The third kappa shape index (κ3) is 5.30. The molecule has 0 bridgehead atoms. The maximum Gasteiger partial charge on any atom is 0.200 e. The Morgan fingerprint density at radius 2 is 1.57 bits per heavy atom. The van der Waals surface area contributed by atoms with Crippen LogP contribution in [0, 0.1) is 29.3 Å². The fraction of sp³-hybridized carbons (Fsp3) is 0.448. The second kappa shape index (κ2) is 10.9. The molecule has 2 atom stereocenters. The maximum atomic E-state index is 15.5. The number of ether oxygens (including phenoxy) is 1. The van der Waals surface area contributed by atoms with Crippen molar-refractivity contribution in [2.24, 2.45) is 11.8 Å². The number of halogens is 7. The molecule has 37 heavy (non-hydrogen) atoms. The molecule has 0 aliphatic heterocycles. The van der Waals surface area contributed by atoms with Crippen molar-refractivity contribution in [3.05, 3.63) is 76.8 Å². The van der Waals surface area contributed by atoms with Gasteiger partial charge in [0, 0.05) is 11.1 Å². The Labute approximate surface area is 212 Å². The lowest BCUT2D eigenvalue weighted by Crippen LogP contribution is -2.39. The summed E-state index contributed by atoms with van der Waals surface area (Å²) in [5.41, 5.74) is -3.74. The Hall–Kier alpha value is -2.77. The molecule has 0 radical (unpaired) electrons. The molecular formula is C29H29F7O. The highest BCUT2D eigenvalue weighted by atomic mass is 19.2. The van der Waals surface area contributed by atoms with Gasteiger partial charge in [0.15, 0.2) is 40.9 Å². The van der Waals surface area contributed by atoms with Crippen molar-refractivity contribution in [1.29, 1.82) is 0 Å². The van der Waals surface area contributed by atoms with E-state index in [1.54, 1.807) is 0 Å². The third-order valence-electron chi connectivity index (χ3n) is 7.44. The van der Waals surface area contributed by atoms with Gasteiger partial charge in [-0.15, -0.1) is 0 Å². The summed E-state index contributed by atoms with van der Waals surface area (Å²) >= 11 is 0. The van der Waals surface area contributed by atoms with Gasteiger partial charge >= 0.3 is 0 Å². The molecule has 0 amide bonds. The molecule has 2 aromatic carbocycles. The largest absolute Gasteiger partial charge is 0.453 e. The van der Waals surface area contributed by atoms with E-state index in [9.17, 15) is 17.6 Å². The molecule has 2 aliphatic rings. The standard InChI is InChI=1S/C29H29F7O/c1-3-4-7-16-10-12-17(13-11-16)23-25(33)27(34)29(2,36)28(35)26(23)37-22-9-6-5-8-19(22)18-14-20(30)24(32)21(31)15-18/h5-6,8-9,14-17,27H,3-4,7,10-13H2,1-2H3/t16?,17?,27-,29-/m0/s1. The van der Waals surface area contributed by atoms with Crippen LogP contribution in [0.1, 0.15) is 58.8 Å². The summed E-state index contributed by atoms with van der Waals surface area (Å²) in [5.74, 6) is -8.64. The van der Waals surface area contributed by atoms with Crippen molar-refractivity contribution in [2.45, 2.75) is 70.6 Å². The number of hydrogen-bond donors (Lipinski definition) is 0. The highest BCUT2D eigenvalue weighted by Gasteiger charge is 2.52. The highest BCUT2D eigenvalue weighted by Crippen LogP contribution is 2.50. The molecule has 1 saturated carbocycles. The minimum atomic E-state index is -3.30. The Morgan fingerprint density at radius 1 is 0.946 bits per heavy atom. The van der Waals surface area contributed by atoms with Crippen LogP contribution < -0.4 is 4.74 Å². The molecule has 0 spiro atoms. The molecule has 0 saturated heterocycles. The Balaban J connectivity index is 1.73. The van der Waals surface area contributed by atoms with Crippen LogP contribution in [0.15, 0.2) is 59.4 Å². The van der Waals surface area contributed by atoms with E-state index < -0.39 is 52.6 Å². The first-order chi connectivity index (χ1) is 17.6. The summed E-state index contributed by atoms with van der Waals surface area (Å²) in [5, 5.41) is 0. The van der Waals surface area contributed by atoms with E-state index in [1.165, 1.54) is 24.3 Å². The van der Waals surface area contributed by atoms with Gasteiger partial charge in [0.05, 0.1) is 0 Å². The Kier molecular flexibility index (Phi) is 8.05. The van der Waals surface area contributed by atoms with Crippen LogP contribution in [0.5, 0.6) is 5.75 Å². The predicted molar refractivity (Wildman–Crippen MR) is 128 cm³/mol. The van der Waals surface area contributed by atoms with E-state index in [2.05, 4.69) is 6.92 Å². The molecule has 1 nitrogen and oxygen atoms in total. The van der Waals surface area contributed by atoms with Crippen LogP contribution in [-0.2, 0) is 0 Å². The van der Waals surface area contributed by atoms with E-state index in [0.29, 0.717) is 25.7 Å². The van der Waals surface area contributed by atoms with Crippen LogP contribution in [0.3, 0.4) is 0 Å². The topological polar surface area (TPSA) is 9.23 Å². The molecule has 2 aromatic rings. The van der Waals surface area contributed by atoms with Crippen molar-refractivity contribution < 1.29 is 35.5 Å². The monoisotopic (exact) mass is 526 g/mol. The van der Waals surface area contributed by atoms with Gasteiger partial charge < -0.3 is 4.74 Å². The van der Waals surface area contributed by atoms with Crippen molar-refractivity contribution >= 4 is 0 Å². The molecule has 200 valence electrons. The zero-order chi connectivity index (χ0) is 26.9. The van der Waals surface area contributed by atoms with Gasteiger partial charge in [-0.1, -0.05) is 44.4 Å². The number of hydrogen-bond acceptors (Lipinski definition) is 1. The fourth-order valence-electron chi connectivity index (χ4n) is 5.26. The number of allylic oxidation sites excluding steroid dienone is 3. The summed E-state index contributed by atoms with van der Waals surface area (Å²) < 4.78 is 108. The van der Waals surface area contributed by atoms with Crippen molar-refractivity contribution in [3.8, 4) is 16.9 Å². The van der Waals surface area contributed by atoms with E-state index in [1.807, 2.05) is 0 Å². The van der Waals surface area contributed by atoms with Crippen LogP contribution in [0.25, 0.3) is 11.1 Å². The van der Waals surface area contributed by atoms with Gasteiger partial charge in [0.25, 0.3) is 0 Å². The number of para-hydroxylation sites is 1. The smallest absolute Gasteiger partial charge is 0.200 e. The van der Waals surface area contributed by atoms with Gasteiger partial charge in [-0.05, 0) is 68.2 Å². The summed E-state index contributed by atoms with van der Waals surface area (Å²) in [6.07, 6.45) is 2.70. The quantitative estimate of drug-likeness (QED) is 0.258. The molecule has 0 aromatic heterocycles. The first-order valence-electron chi connectivity index (χ1n) is 12.6. The second-order valence-electron chi connectivity index (χ2n) is 10.1. The van der Waals surface area contributed by atoms with E-state index in [-0.39, 0.29) is 22.4 Å². The number of unbranched alkanes of at least 4 members (excludes halogenated alkanes) is 1. The second-order valence-corrected chi connectivity index (χ2v) is 10.1. The Bertz CT molecular complexity index is 1190. The zero-order valence-corrected chi connectivity index (χ0v) is 20.7. The van der Waals surface area contributed by atoms with Crippen molar-refractivity contribution in [1.82, 2.24) is 0 Å². The molecular weight excluding hydrogens is 497 g/mol.